The van der Waals surface area contributed by atoms with Gasteiger partial charge in [0.25, 0.3) is 0 Å². The minimum absolute atomic E-state index is 0.0511. The number of aliphatic carboxylic acids is 1. The molecule has 2 atom stereocenters. The molecule has 0 aliphatic heterocycles. The van der Waals surface area contributed by atoms with Gasteiger partial charge >= 0.3 is 5.97 Å². The molecule has 0 bridgehead atoms. The molecule has 2 aromatic rings. The van der Waals surface area contributed by atoms with Crippen molar-refractivity contribution in [3.63, 3.8) is 0 Å². The van der Waals surface area contributed by atoms with Gasteiger partial charge in [0.1, 0.15) is 17.5 Å². The number of nitrogens with one attached hydrogen (secondary N) is 1. The molecule has 0 aliphatic carbocycles. The molecule has 0 spiro atoms. The molecule has 0 saturated heterocycles. The van der Waals surface area contributed by atoms with Gasteiger partial charge in [0.05, 0.1) is 6.10 Å². The molecule has 35 heavy (non-hydrogen) atoms. The summed E-state index contributed by atoms with van der Waals surface area (Å²) in [5, 5.41) is 40.3. The van der Waals surface area contributed by atoms with Gasteiger partial charge in [-0.15, -0.1) is 23.2 Å². The Morgan fingerprint density at radius 3 is 1.97 bits per heavy atom. The van der Waals surface area contributed by atoms with E-state index in [0.717, 1.165) is 24.3 Å². The lowest BCUT2D eigenvalue weighted by Crippen LogP contribution is -2.38. The molecule has 2 aromatic carbocycles. The molecule has 0 heterocycles. The van der Waals surface area contributed by atoms with E-state index in [-0.39, 0.29) is 17.0 Å². The second kappa shape index (κ2) is 15.0. The minimum Gasteiger partial charge on any atom is -0.508 e. The minimum atomic E-state index is -0.991. The van der Waals surface area contributed by atoms with E-state index in [1.807, 2.05) is 45.0 Å². The highest BCUT2D eigenvalue weighted by Crippen LogP contribution is 2.24. The first-order chi connectivity index (χ1) is 16.4. The number of nitrogens with two attached hydrogens (primary N) is 1. The molecular formula is C25H37Cl2N3O5. The van der Waals surface area contributed by atoms with Gasteiger partial charge in [-0.3, -0.25) is 4.79 Å². The first-order valence-electron chi connectivity index (χ1n) is 11.3. The topological polar surface area (TPSA) is 139 Å². The Morgan fingerprint density at radius 2 is 1.54 bits per heavy atom. The van der Waals surface area contributed by atoms with E-state index in [9.17, 15) is 20.1 Å². The zero-order valence-corrected chi connectivity index (χ0v) is 21.9. The van der Waals surface area contributed by atoms with Gasteiger partial charge in [-0.05, 0) is 62.6 Å². The predicted molar refractivity (Wildman–Crippen MR) is 142 cm³/mol. The van der Waals surface area contributed by atoms with Crippen LogP contribution in [0.4, 0.5) is 5.69 Å². The van der Waals surface area contributed by atoms with Crippen molar-refractivity contribution in [2.75, 3.05) is 36.3 Å². The van der Waals surface area contributed by atoms with Crippen LogP contribution in [-0.4, -0.2) is 69.4 Å². The van der Waals surface area contributed by atoms with Crippen LogP contribution in [0.2, 0.25) is 0 Å². The van der Waals surface area contributed by atoms with Crippen molar-refractivity contribution < 1.29 is 25.2 Å². The van der Waals surface area contributed by atoms with Crippen LogP contribution in [0.25, 0.3) is 0 Å². The van der Waals surface area contributed by atoms with Crippen LogP contribution in [0, 0.1) is 0 Å². The quantitative estimate of drug-likeness (QED) is 0.243. The van der Waals surface area contributed by atoms with Crippen molar-refractivity contribution in [2.24, 2.45) is 5.73 Å². The number of alkyl halides is 2. The summed E-state index contributed by atoms with van der Waals surface area (Å²) < 4.78 is 0. The zero-order valence-electron chi connectivity index (χ0n) is 20.4. The maximum atomic E-state index is 10.7. The molecular weight excluding hydrogens is 493 g/mol. The third-order valence-electron chi connectivity index (χ3n) is 4.92. The van der Waals surface area contributed by atoms with Gasteiger partial charge in [0, 0.05) is 48.7 Å². The second-order valence-electron chi connectivity index (χ2n) is 9.11. The Kier molecular flexibility index (Phi) is 13.2. The fraction of sp³-hybridized carbons (Fsp3) is 0.480. The highest BCUT2D eigenvalue weighted by atomic mass is 35.5. The van der Waals surface area contributed by atoms with Crippen LogP contribution in [0.3, 0.4) is 0 Å². The number of carbonyl (C=O) groups is 1. The molecule has 196 valence electrons. The summed E-state index contributed by atoms with van der Waals surface area (Å²) in [6, 6.07) is 10.9. The summed E-state index contributed by atoms with van der Waals surface area (Å²) in [6.07, 6.45) is -0.433. The van der Waals surface area contributed by atoms with Crippen molar-refractivity contribution in [2.45, 2.75) is 44.9 Å². The van der Waals surface area contributed by atoms with Crippen molar-refractivity contribution in [1.29, 1.82) is 0 Å². The number of aromatic hydroxyl groups is 2. The number of phenolic OH excluding ortho intramolecular Hbond substituents is 2. The van der Waals surface area contributed by atoms with Crippen LogP contribution in [0.1, 0.15) is 38.0 Å². The number of phenols is 2. The molecule has 7 N–H and O–H groups in total. The number of hydrogen-bond acceptors (Lipinski definition) is 7. The van der Waals surface area contributed by atoms with E-state index in [0.29, 0.717) is 30.3 Å². The SMILES string of the molecule is CC(C)(C)NCC(O)c1cc(O)cc(O)c1.N[C@@H](Cc1ccc(N(CCCl)CCCl)cc1)C(=O)O. The van der Waals surface area contributed by atoms with Gasteiger partial charge in [-0.25, -0.2) is 0 Å². The van der Waals surface area contributed by atoms with E-state index in [2.05, 4.69) is 10.2 Å². The van der Waals surface area contributed by atoms with Crippen LogP contribution >= 0.6 is 23.2 Å². The molecule has 0 radical (unpaired) electrons. The molecule has 8 nitrogen and oxygen atoms in total. The number of carboxylic acids is 1. The van der Waals surface area contributed by atoms with Crippen molar-refractivity contribution >= 4 is 34.9 Å². The Labute approximate surface area is 217 Å². The largest absolute Gasteiger partial charge is 0.508 e. The van der Waals surface area contributed by atoms with E-state index in [1.165, 1.54) is 18.2 Å². The molecule has 0 fully saturated rings. The van der Waals surface area contributed by atoms with Crippen molar-refractivity contribution in [3.8, 4) is 11.5 Å². The van der Waals surface area contributed by atoms with Gasteiger partial charge in [0.15, 0.2) is 0 Å². The molecule has 1 unspecified atom stereocenters. The summed E-state index contributed by atoms with van der Waals surface area (Å²) in [4.78, 5) is 12.8. The van der Waals surface area contributed by atoms with Crippen molar-refractivity contribution in [3.05, 3.63) is 53.6 Å². The Morgan fingerprint density at radius 1 is 1.03 bits per heavy atom. The standard InChI is InChI=1S/C13H18Cl2N2O2.C12H19NO3/c14-5-7-17(8-6-15)11-3-1-10(2-4-11)9-12(16)13(18)19;1-12(2,3)13-7-11(16)8-4-9(14)6-10(15)5-8/h1-4,12H,5-9,16H2,(H,18,19);4-6,11,13-16H,7H2,1-3H3/t12-;/m0./s1. The molecule has 0 saturated carbocycles. The first kappa shape index (κ1) is 30.8. The van der Waals surface area contributed by atoms with E-state index in [4.69, 9.17) is 34.0 Å². The van der Waals surface area contributed by atoms with Crippen molar-refractivity contribution in [1.82, 2.24) is 5.32 Å². The van der Waals surface area contributed by atoms with Gasteiger partial charge in [0.2, 0.25) is 0 Å². The summed E-state index contributed by atoms with van der Waals surface area (Å²) in [5.41, 5.74) is 7.83. The lowest BCUT2D eigenvalue weighted by atomic mass is 10.1. The van der Waals surface area contributed by atoms with Crippen LogP contribution in [0.15, 0.2) is 42.5 Å². The third kappa shape index (κ3) is 12.3. The Balaban J connectivity index is 0.000000355. The maximum absolute atomic E-state index is 10.7. The average molecular weight is 530 g/mol. The van der Waals surface area contributed by atoms with Gasteiger partial charge in [-0.1, -0.05) is 12.1 Å². The summed E-state index contributed by atoms with van der Waals surface area (Å²) in [6.45, 7) is 7.82. The third-order valence-corrected chi connectivity index (χ3v) is 5.26. The summed E-state index contributed by atoms with van der Waals surface area (Å²) in [5.74, 6) is -0.0324. The number of rotatable bonds is 11. The fourth-order valence-electron chi connectivity index (χ4n) is 3.09. The fourth-order valence-corrected chi connectivity index (χ4v) is 3.50. The number of carboxylic acid groups (broad SMARTS) is 1. The first-order valence-corrected chi connectivity index (χ1v) is 12.3. The van der Waals surface area contributed by atoms with Gasteiger partial charge in [-0.2, -0.15) is 0 Å². The highest BCUT2D eigenvalue weighted by molar-refractivity contribution is 6.18. The van der Waals surface area contributed by atoms with E-state index < -0.39 is 18.1 Å². The zero-order chi connectivity index (χ0) is 26.6. The molecule has 10 heteroatoms. The average Bonchev–Trinajstić information content (AvgIpc) is 2.77. The number of aliphatic hydroxyl groups excluding tert-OH is 1. The van der Waals surface area contributed by atoms with Crippen LogP contribution in [-0.2, 0) is 11.2 Å². The second-order valence-corrected chi connectivity index (χ2v) is 9.87. The smallest absolute Gasteiger partial charge is 0.320 e. The molecule has 2 rings (SSSR count). The number of hydrogen-bond donors (Lipinski definition) is 6. The van der Waals surface area contributed by atoms with Crippen LogP contribution < -0.4 is 16.0 Å². The van der Waals surface area contributed by atoms with Gasteiger partial charge < -0.3 is 36.4 Å². The number of benzene rings is 2. The lowest BCUT2D eigenvalue weighted by Gasteiger charge is -2.23. The van der Waals surface area contributed by atoms with E-state index >= 15 is 0 Å². The highest BCUT2D eigenvalue weighted by Gasteiger charge is 2.15. The van der Waals surface area contributed by atoms with Crippen LogP contribution in [0.5, 0.6) is 11.5 Å². The lowest BCUT2D eigenvalue weighted by molar-refractivity contribution is -0.138. The summed E-state index contributed by atoms with van der Waals surface area (Å²) >= 11 is 11.5. The molecule has 0 amide bonds. The Hall–Kier alpha value is -2.23. The Bertz CT molecular complexity index is 881. The summed E-state index contributed by atoms with van der Waals surface area (Å²) in [7, 11) is 0. The predicted octanol–water partition coefficient (Wildman–Crippen LogP) is 3.44. The van der Waals surface area contributed by atoms with E-state index in [1.54, 1.807) is 0 Å². The maximum Gasteiger partial charge on any atom is 0.320 e. The number of aliphatic hydroxyl groups is 1. The molecule has 0 aromatic heterocycles. The number of nitrogens with zero attached hydrogens (tertiary/aromatic N) is 1. The monoisotopic (exact) mass is 529 g/mol. The number of anilines is 1. The normalized spacial score (nSPS) is 12.9. The molecule has 0 aliphatic rings. The number of halogens is 2. The number of β-amino-alcohol motifs (C(OH)–C–C–N with tert-alkyl or cyclic N) is 1.